The molecule has 0 fully saturated rings. The van der Waals surface area contributed by atoms with Crippen molar-refractivity contribution in [2.24, 2.45) is 0 Å². The van der Waals surface area contributed by atoms with Crippen LogP contribution < -0.4 is 0 Å². The van der Waals surface area contributed by atoms with Crippen LogP contribution in [0.25, 0.3) is 10.7 Å². The van der Waals surface area contributed by atoms with Gasteiger partial charge in [0.25, 0.3) is 0 Å². The van der Waals surface area contributed by atoms with E-state index in [9.17, 15) is 0 Å². The molecule has 0 amide bonds. The molecule has 2 heterocycles. The van der Waals surface area contributed by atoms with Crippen molar-refractivity contribution in [1.29, 1.82) is 0 Å². The van der Waals surface area contributed by atoms with Gasteiger partial charge in [0.15, 0.2) is 5.82 Å². The summed E-state index contributed by atoms with van der Waals surface area (Å²) in [4.78, 5) is 5.30. The summed E-state index contributed by atoms with van der Waals surface area (Å²) in [6.45, 7) is 8.39. The molecular formula is C10H14N4S. The van der Waals surface area contributed by atoms with Crippen molar-refractivity contribution in [3.8, 4) is 10.7 Å². The zero-order chi connectivity index (χ0) is 11.1. The number of thiazole rings is 1. The van der Waals surface area contributed by atoms with Crippen LogP contribution in [0.15, 0.2) is 12.5 Å². The molecule has 4 nitrogen and oxygen atoms in total. The topological polar surface area (TPSA) is 43.6 Å². The molecule has 15 heavy (non-hydrogen) atoms. The second-order valence-corrected chi connectivity index (χ2v) is 5.67. The Labute approximate surface area is 93.0 Å². The van der Waals surface area contributed by atoms with E-state index < -0.39 is 0 Å². The van der Waals surface area contributed by atoms with Crippen molar-refractivity contribution in [2.75, 3.05) is 0 Å². The third kappa shape index (κ3) is 1.92. The van der Waals surface area contributed by atoms with Crippen molar-refractivity contribution >= 4 is 11.3 Å². The molecule has 0 bridgehead atoms. The lowest BCUT2D eigenvalue weighted by Gasteiger charge is -2.21. The maximum Gasteiger partial charge on any atom is 0.175 e. The molecule has 2 aromatic rings. The molecule has 0 aliphatic carbocycles. The van der Waals surface area contributed by atoms with E-state index in [1.165, 1.54) is 0 Å². The van der Waals surface area contributed by atoms with E-state index in [2.05, 4.69) is 40.5 Å². The van der Waals surface area contributed by atoms with Gasteiger partial charge in [-0.05, 0) is 27.7 Å². The van der Waals surface area contributed by atoms with E-state index in [1.807, 2.05) is 13.1 Å². The van der Waals surface area contributed by atoms with Crippen molar-refractivity contribution in [2.45, 2.75) is 33.2 Å². The highest BCUT2D eigenvalue weighted by Crippen LogP contribution is 2.27. The van der Waals surface area contributed by atoms with E-state index >= 15 is 0 Å². The molecule has 0 saturated carbocycles. The summed E-state index contributed by atoms with van der Waals surface area (Å²) in [5.74, 6) is 0.896. The van der Waals surface area contributed by atoms with Gasteiger partial charge >= 0.3 is 0 Å². The number of rotatable bonds is 1. The van der Waals surface area contributed by atoms with Crippen molar-refractivity contribution in [3.63, 3.8) is 0 Å². The lowest BCUT2D eigenvalue weighted by molar-refractivity contribution is 0.400. The molecule has 0 aliphatic rings. The normalized spacial score (nSPS) is 12.0. The molecule has 0 radical (unpaired) electrons. The Morgan fingerprint density at radius 3 is 2.60 bits per heavy atom. The second kappa shape index (κ2) is 3.41. The van der Waals surface area contributed by atoms with Crippen LogP contribution in [0.3, 0.4) is 0 Å². The monoisotopic (exact) mass is 222 g/mol. The first-order chi connectivity index (χ1) is 6.98. The number of aryl methyl sites for hydroxylation is 1. The summed E-state index contributed by atoms with van der Waals surface area (Å²) in [5.41, 5.74) is -0.00325. The van der Waals surface area contributed by atoms with Gasteiger partial charge in [0.05, 0.1) is 9.88 Å². The minimum absolute atomic E-state index is 0.00325. The summed E-state index contributed by atoms with van der Waals surface area (Å²) in [6, 6.07) is 0. The standard InChI is InChI=1S/C10H14N4S/c1-7-11-5-8(15-7)9-13-12-6-14(9)10(2,3)4/h5-6H,1-4H3. The Hall–Kier alpha value is -1.23. The molecular weight excluding hydrogens is 208 g/mol. The number of aromatic nitrogens is 4. The summed E-state index contributed by atoms with van der Waals surface area (Å²) in [6.07, 6.45) is 3.62. The van der Waals surface area contributed by atoms with E-state index in [-0.39, 0.29) is 5.54 Å². The average molecular weight is 222 g/mol. The maximum atomic E-state index is 4.23. The molecule has 0 saturated heterocycles. The molecule has 2 aromatic heterocycles. The Morgan fingerprint density at radius 1 is 1.33 bits per heavy atom. The van der Waals surface area contributed by atoms with Crippen molar-refractivity contribution < 1.29 is 0 Å². The zero-order valence-corrected chi connectivity index (χ0v) is 10.2. The molecule has 0 atom stereocenters. The van der Waals surface area contributed by atoms with E-state index in [1.54, 1.807) is 17.7 Å². The summed E-state index contributed by atoms with van der Waals surface area (Å²) in [7, 11) is 0. The Kier molecular flexibility index (Phi) is 2.34. The Balaban J connectivity index is 2.50. The lowest BCUT2D eigenvalue weighted by atomic mass is 10.1. The highest BCUT2D eigenvalue weighted by molar-refractivity contribution is 7.14. The molecule has 0 spiro atoms. The fraction of sp³-hybridized carbons (Fsp3) is 0.500. The first kappa shape index (κ1) is 10.3. The number of nitrogens with zero attached hydrogens (tertiary/aromatic N) is 4. The maximum absolute atomic E-state index is 4.23. The van der Waals surface area contributed by atoms with E-state index in [0.717, 1.165) is 15.7 Å². The first-order valence-electron chi connectivity index (χ1n) is 4.82. The van der Waals surface area contributed by atoms with E-state index in [0.29, 0.717) is 0 Å². The zero-order valence-electron chi connectivity index (χ0n) is 9.35. The molecule has 2 rings (SSSR count). The van der Waals surface area contributed by atoms with Gasteiger partial charge < -0.3 is 4.57 Å². The van der Waals surface area contributed by atoms with Crippen LogP contribution >= 0.6 is 11.3 Å². The molecule has 0 aliphatic heterocycles. The molecule has 0 unspecified atom stereocenters. The van der Waals surface area contributed by atoms with Crippen LogP contribution in [0.4, 0.5) is 0 Å². The molecule has 0 aromatic carbocycles. The predicted octanol–water partition coefficient (Wildman–Crippen LogP) is 2.47. The fourth-order valence-corrected chi connectivity index (χ4v) is 2.12. The first-order valence-corrected chi connectivity index (χ1v) is 5.63. The molecule has 0 N–H and O–H groups in total. The van der Waals surface area contributed by atoms with Gasteiger partial charge in [0.1, 0.15) is 6.33 Å². The SMILES string of the molecule is Cc1ncc(-c2nncn2C(C)(C)C)s1. The number of hydrogen-bond acceptors (Lipinski definition) is 4. The van der Waals surface area contributed by atoms with Crippen molar-refractivity contribution in [1.82, 2.24) is 19.7 Å². The Bertz CT molecular complexity index is 464. The minimum atomic E-state index is -0.00325. The highest BCUT2D eigenvalue weighted by Gasteiger charge is 2.19. The van der Waals surface area contributed by atoms with Crippen LogP contribution in [-0.2, 0) is 5.54 Å². The largest absolute Gasteiger partial charge is 0.307 e. The summed E-state index contributed by atoms with van der Waals surface area (Å²) >= 11 is 1.64. The third-order valence-electron chi connectivity index (χ3n) is 2.11. The smallest absolute Gasteiger partial charge is 0.175 e. The molecule has 5 heteroatoms. The van der Waals surface area contributed by atoms with Crippen LogP contribution in [0.5, 0.6) is 0 Å². The highest BCUT2D eigenvalue weighted by atomic mass is 32.1. The van der Waals surface area contributed by atoms with Crippen LogP contribution in [-0.4, -0.2) is 19.7 Å². The quantitative estimate of drug-likeness (QED) is 0.744. The average Bonchev–Trinajstić information content (AvgIpc) is 2.68. The number of hydrogen-bond donors (Lipinski definition) is 0. The third-order valence-corrected chi connectivity index (χ3v) is 3.02. The van der Waals surface area contributed by atoms with Crippen molar-refractivity contribution in [3.05, 3.63) is 17.5 Å². The van der Waals surface area contributed by atoms with Gasteiger partial charge in [-0.2, -0.15) is 0 Å². The molecule has 80 valence electrons. The van der Waals surface area contributed by atoms with Crippen LogP contribution in [0.2, 0.25) is 0 Å². The lowest BCUT2D eigenvalue weighted by Crippen LogP contribution is -2.21. The summed E-state index contributed by atoms with van der Waals surface area (Å²) < 4.78 is 2.07. The Morgan fingerprint density at radius 2 is 2.07 bits per heavy atom. The van der Waals surface area contributed by atoms with Gasteiger partial charge in [-0.3, -0.25) is 0 Å². The minimum Gasteiger partial charge on any atom is -0.307 e. The fourth-order valence-electron chi connectivity index (χ4n) is 1.36. The van der Waals surface area contributed by atoms with Crippen LogP contribution in [0.1, 0.15) is 25.8 Å². The second-order valence-electron chi connectivity index (χ2n) is 4.44. The van der Waals surface area contributed by atoms with Gasteiger partial charge in [-0.15, -0.1) is 21.5 Å². The summed E-state index contributed by atoms with van der Waals surface area (Å²) in [5, 5.41) is 9.17. The van der Waals surface area contributed by atoms with Gasteiger partial charge in [-0.25, -0.2) is 4.98 Å². The predicted molar refractivity (Wildman–Crippen MR) is 60.9 cm³/mol. The van der Waals surface area contributed by atoms with Gasteiger partial charge in [-0.1, -0.05) is 0 Å². The van der Waals surface area contributed by atoms with Crippen LogP contribution in [0, 0.1) is 6.92 Å². The van der Waals surface area contributed by atoms with Gasteiger partial charge in [0.2, 0.25) is 0 Å². The van der Waals surface area contributed by atoms with E-state index in [4.69, 9.17) is 0 Å². The van der Waals surface area contributed by atoms with Gasteiger partial charge in [0, 0.05) is 11.7 Å².